The average molecular weight is 832 g/mol. The summed E-state index contributed by atoms with van der Waals surface area (Å²) in [6.07, 6.45) is 0. The molecule has 0 fully saturated rings. The SMILES string of the molecule is c1ccc(-c2cccc(-c3nc(-c4ccc(-c5cc6ccccc6o5)cc4)nc(-c4cc(-n5c6ccccc6c6ccccc65)cc(-n5c6ccccc6c6ccccc65)c4)n3)c2)cc1. The van der Waals surface area contributed by atoms with Crippen molar-refractivity contribution in [1.82, 2.24) is 24.1 Å². The van der Waals surface area contributed by atoms with Crippen LogP contribution in [0.5, 0.6) is 0 Å². The lowest BCUT2D eigenvalue weighted by Gasteiger charge is -2.16. The number of hydrogen-bond donors (Lipinski definition) is 0. The maximum Gasteiger partial charge on any atom is 0.164 e. The van der Waals surface area contributed by atoms with Crippen LogP contribution in [0, 0.1) is 0 Å². The van der Waals surface area contributed by atoms with E-state index in [1.54, 1.807) is 0 Å². The first-order valence-corrected chi connectivity index (χ1v) is 21.8. The molecule has 0 radical (unpaired) electrons. The monoisotopic (exact) mass is 831 g/mol. The molecule has 0 aliphatic heterocycles. The Hall–Kier alpha value is -8.87. The second kappa shape index (κ2) is 14.9. The zero-order chi connectivity index (χ0) is 42.8. The van der Waals surface area contributed by atoms with Crippen molar-refractivity contribution in [2.45, 2.75) is 0 Å². The molecule has 65 heavy (non-hydrogen) atoms. The normalized spacial score (nSPS) is 11.7. The standard InChI is InChI=1S/C59H37N5O/c1-2-15-38(16-3-1)41-18-14-19-43(33-41)58-60-57(40-31-29-39(30-32-40)56-36-42-17-4-13-28-55(42)65-56)61-59(62-58)44-34-45(63-51-24-9-5-20-47(51)48-21-6-10-25-52(48)63)37-46(35-44)64-53-26-11-7-22-49(53)50-23-8-12-27-54(50)64/h1-37H. The Kier molecular flexibility index (Phi) is 8.42. The molecule has 0 saturated carbocycles. The number of hydrogen-bond acceptors (Lipinski definition) is 4. The first-order chi connectivity index (χ1) is 32.2. The van der Waals surface area contributed by atoms with Crippen LogP contribution in [0.4, 0.5) is 0 Å². The molecule has 13 aromatic rings. The molecule has 0 atom stereocenters. The van der Waals surface area contributed by atoms with Gasteiger partial charge in [-0.15, -0.1) is 0 Å². The summed E-state index contributed by atoms with van der Waals surface area (Å²) in [7, 11) is 0. The van der Waals surface area contributed by atoms with Crippen LogP contribution in [-0.2, 0) is 0 Å². The minimum atomic E-state index is 0.570. The van der Waals surface area contributed by atoms with Crippen LogP contribution in [-0.4, -0.2) is 24.1 Å². The number of nitrogens with zero attached hydrogens (tertiary/aromatic N) is 5. The summed E-state index contributed by atoms with van der Waals surface area (Å²) in [5.41, 5.74) is 13.2. The van der Waals surface area contributed by atoms with Gasteiger partial charge in [0.15, 0.2) is 17.5 Å². The summed E-state index contributed by atoms with van der Waals surface area (Å²) in [6.45, 7) is 0. The van der Waals surface area contributed by atoms with Gasteiger partial charge in [-0.1, -0.05) is 164 Å². The molecule has 0 unspecified atom stereocenters. The van der Waals surface area contributed by atoms with Gasteiger partial charge in [0.2, 0.25) is 0 Å². The van der Waals surface area contributed by atoms with Crippen molar-refractivity contribution in [3.8, 4) is 68.0 Å². The third-order valence-electron chi connectivity index (χ3n) is 12.6. The third kappa shape index (κ3) is 6.22. The molecule has 13 rings (SSSR count). The molecule has 0 aliphatic rings. The molecule has 0 amide bonds. The summed E-state index contributed by atoms with van der Waals surface area (Å²) in [4.78, 5) is 15.9. The first kappa shape index (κ1) is 36.8. The highest BCUT2D eigenvalue weighted by Gasteiger charge is 2.20. The van der Waals surface area contributed by atoms with E-state index in [-0.39, 0.29) is 0 Å². The van der Waals surface area contributed by atoms with Crippen molar-refractivity contribution in [1.29, 1.82) is 0 Å². The van der Waals surface area contributed by atoms with Gasteiger partial charge in [-0.05, 0) is 71.8 Å². The predicted molar refractivity (Wildman–Crippen MR) is 265 cm³/mol. The van der Waals surface area contributed by atoms with Crippen molar-refractivity contribution in [2.24, 2.45) is 0 Å². The van der Waals surface area contributed by atoms with Gasteiger partial charge in [0.05, 0.1) is 22.1 Å². The molecule has 4 aromatic heterocycles. The Morgan fingerprint density at radius 2 is 0.738 bits per heavy atom. The Morgan fingerprint density at radius 1 is 0.292 bits per heavy atom. The van der Waals surface area contributed by atoms with E-state index < -0.39 is 0 Å². The number of furan rings is 1. The molecule has 304 valence electrons. The summed E-state index contributed by atoms with van der Waals surface area (Å²) >= 11 is 0. The smallest absolute Gasteiger partial charge is 0.164 e. The average Bonchev–Trinajstić information content (AvgIpc) is 4.07. The number of para-hydroxylation sites is 5. The Labute approximate surface area is 374 Å². The van der Waals surface area contributed by atoms with E-state index in [0.717, 1.165) is 83.6 Å². The van der Waals surface area contributed by atoms with E-state index in [4.69, 9.17) is 19.4 Å². The topological polar surface area (TPSA) is 61.7 Å². The van der Waals surface area contributed by atoms with E-state index in [0.29, 0.717) is 17.5 Å². The van der Waals surface area contributed by atoms with E-state index in [2.05, 4.69) is 209 Å². The number of aromatic nitrogens is 5. The summed E-state index contributed by atoms with van der Waals surface area (Å²) < 4.78 is 11.0. The molecule has 6 nitrogen and oxygen atoms in total. The zero-order valence-electron chi connectivity index (χ0n) is 35.0. The lowest BCUT2D eigenvalue weighted by molar-refractivity contribution is 0.631. The highest BCUT2D eigenvalue weighted by Crippen LogP contribution is 2.38. The van der Waals surface area contributed by atoms with Crippen LogP contribution >= 0.6 is 0 Å². The van der Waals surface area contributed by atoms with Gasteiger partial charge in [0.1, 0.15) is 11.3 Å². The van der Waals surface area contributed by atoms with Gasteiger partial charge >= 0.3 is 0 Å². The molecule has 0 spiro atoms. The molecule has 9 aromatic carbocycles. The number of fused-ring (bicyclic) bond motifs is 7. The molecule has 0 bridgehead atoms. The van der Waals surface area contributed by atoms with Gasteiger partial charge in [-0.3, -0.25) is 0 Å². The summed E-state index contributed by atoms with van der Waals surface area (Å²) in [5, 5.41) is 5.85. The lowest BCUT2D eigenvalue weighted by Crippen LogP contribution is -2.03. The number of benzene rings is 9. The van der Waals surface area contributed by atoms with Crippen LogP contribution in [0.1, 0.15) is 0 Å². The highest BCUT2D eigenvalue weighted by molar-refractivity contribution is 6.10. The van der Waals surface area contributed by atoms with Crippen molar-refractivity contribution < 1.29 is 4.42 Å². The molecular weight excluding hydrogens is 795 g/mol. The van der Waals surface area contributed by atoms with Gasteiger partial charge in [0, 0.05) is 60.6 Å². The van der Waals surface area contributed by atoms with Gasteiger partial charge in [-0.25, -0.2) is 15.0 Å². The summed E-state index contributed by atoms with van der Waals surface area (Å²) in [5.74, 6) is 2.55. The minimum Gasteiger partial charge on any atom is -0.456 e. The van der Waals surface area contributed by atoms with Gasteiger partial charge in [0.25, 0.3) is 0 Å². The first-order valence-electron chi connectivity index (χ1n) is 21.8. The predicted octanol–water partition coefficient (Wildman–Crippen LogP) is 15.1. The fraction of sp³-hybridized carbons (Fsp3) is 0. The third-order valence-corrected chi connectivity index (χ3v) is 12.6. The summed E-state index contributed by atoms with van der Waals surface area (Å²) in [6, 6.07) is 78.7. The van der Waals surface area contributed by atoms with Crippen molar-refractivity contribution in [3.63, 3.8) is 0 Å². The zero-order valence-corrected chi connectivity index (χ0v) is 35.0. The molecule has 4 heterocycles. The maximum absolute atomic E-state index is 6.25. The molecule has 0 aliphatic carbocycles. The Balaban J connectivity index is 1.06. The Bertz CT molecular complexity index is 3680. The van der Waals surface area contributed by atoms with Crippen LogP contribution in [0.2, 0.25) is 0 Å². The van der Waals surface area contributed by atoms with Crippen LogP contribution in [0.25, 0.3) is 123 Å². The van der Waals surface area contributed by atoms with Crippen molar-refractivity contribution in [3.05, 3.63) is 224 Å². The number of rotatable bonds is 7. The quantitative estimate of drug-likeness (QED) is 0.160. The molecule has 0 N–H and O–H groups in total. The molecule has 6 heteroatoms. The fourth-order valence-corrected chi connectivity index (χ4v) is 9.52. The second-order valence-corrected chi connectivity index (χ2v) is 16.5. The fourth-order valence-electron chi connectivity index (χ4n) is 9.52. The van der Waals surface area contributed by atoms with Crippen LogP contribution in [0.3, 0.4) is 0 Å². The van der Waals surface area contributed by atoms with E-state index in [1.807, 2.05) is 24.3 Å². The van der Waals surface area contributed by atoms with Crippen LogP contribution in [0.15, 0.2) is 229 Å². The van der Waals surface area contributed by atoms with E-state index >= 15 is 0 Å². The molecule has 0 saturated heterocycles. The van der Waals surface area contributed by atoms with Gasteiger partial charge < -0.3 is 13.6 Å². The van der Waals surface area contributed by atoms with Crippen molar-refractivity contribution >= 4 is 54.6 Å². The lowest BCUT2D eigenvalue weighted by atomic mass is 10.0. The highest BCUT2D eigenvalue weighted by atomic mass is 16.3. The van der Waals surface area contributed by atoms with Crippen molar-refractivity contribution in [2.75, 3.05) is 0 Å². The van der Waals surface area contributed by atoms with E-state index in [1.165, 1.54) is 21.5 Å². The van der Waals surface area contributed by atoms with E-state index in [9.17, 15) is 0 Å². The van der Waals surface area contributed by atoms with Gasteiger partial charge in [-0.2, -0.15) is 0 Å². The Morgan fingerprint density at radius 3 is 1.31 bits per heavy atom. The minimum absolute atomic E-state index is 0.570. The maximum atomic E-state index is 6.25. The van der Waals surface area contributed by atoms with Crippen LogP contribution < -0.4 is 0 Å². The largest absolute Gasteiger partial charge is 0.456 e. The molecular formula is C59H37N5O. The second-order valence-electron chi connectivity index (χ2n) is 16.5.